The van der Waals surface area contributed by atoms with Crippen molar-refractivity contribution in [2.75, 3.05) is 0 Å². The number of hydrogen-bond donors (Lipinski definition) is 2. The third-order valence-electron chi connectivity index (χ3n) is 0.414. The van der Waals surface area contributed by atoms with E-state index in [0.29, 0.717) is 0 Å². The highest BCUT2D eigenvalue weighted by Crippen LogP contribution is 1.57. The number of aryl methyl sites for hydroxylation is 1. The summed E-state index contributed by atoms with van der Waals surface area (Å²) in [6, 6.07) is 0. The highest BCUT2D eigenvalue weighted by atomic mass is 16.6. The Morgan fingerprint density at radius 1 is 1.83 bits per heavy atom. The van der Waals surface area contributed by atoms with Crippen LogP contribution in [-0.4, -0.2) is 15.3 Å². The predicted molar refractivity (Wildman–Crippen MR) is 17.3 cm³/mol. The number of aromatic amines is 2. The Labute approximate surface area is 33.5 Å². The van der Waals surface area contributed by atoms with Gasteiger partial charge in [-0.2, -0.15) is 0 Å². The van der Waals surface area contributed by atoms with Gasteiger partial charge in [-0.25, -0.2) is 5.27 Å². The lowest BCUT2D eigenvalue weighted by molar-refractivity contribution is 0.195. The maximum Gasteiger partial charge on any atom is -0.0119 e. The second kappa shape index (κ2) is 1.00. The second-order valence-electron chi connectivity index (χ2n) is 0.892. The van der Waals surface area contributed by atoms with Gasteiger partial charge >= 0.3 is 0 Å². The maximum atomic E-state index is 4.46. The summed E-state index contributed by atoms with van der Waals surface area (Å²) >= 11 is 0. The minimum Gasteiger partial charge on any atom is -0.364 e. The summed E-state index contributed by atoms with van der Waals surface area (Å²) in [6.07, 6.45) is 0. The van der Waals surface area contributed by atoms with Crippen LogP contribution in [0.3, 0.4) is 0 Å². The minimum atomic E-state index is 1.33. The molecule has 0 saturated carbocycles. The van der Waals surface area contributed by atoms with Crippen LogP contribution >= 0.6 is 0 Å². The lowest BCUT2D eigenvalue weighted by Crippen LogP contribution is -1.87. The fraction of sp³-hybridized carbons (Fsp3) is 1.00. The zero-order chi connectivity index (χ0) is 4.41. The van der Waals surface area contributed by atoms with Crippen LogP contribution in [0.25, 0.3) is 0 Å². The summed E-state index contributed by atoms with van der Waals surface area (Å²) < 4.78 is 4.46. The average Bonchev–Trinajstić information content (AvgIpc) is 1.86. The number of aromatic nitrogens is 4. The van der Waals surface area contributed by atoms with Crippen LogP contribution in [0.4, 0.5) is 0 Å². The summed E-state index contributed by atoms with van der Waals surface area (Å²) in [7, 11) is 1.68. The molecule has 1 rings (SSSR count). The van der Waals surface area contributed by atoms with E-state index in [1.54, 1.807) is 7.05 Å². The molecule has 0 bridgehead atoms. The van der Waals surface area contributed by atoms with Crippen molar-refractivity contribution < 1.29 is 4.63 Å². The van der Waals surface area contributed by atoms with E-state index in [9.17, 15) is 0 Å². The molecular weight excluding hydrogens is 84.0 g/mol. The van der Waals surface area contributed by atoms with E-state index >= 15 is 0 Å². The molecule has 0 radical (unpaired) electrons. The molecule has 5 nitrogen and oxygen atoms in total. The van der Waals surface area contributed by atoms with Crippen molar-refractivity contribution in [3.8, 4) is 0 Å². The van der Waals surface area contributed by atoms with Gasteiger partial charge in [-0.15, -0.1) is 0 Å². The van der Waals surface area contributed by atoms with Gasteiger partial charge in [-0.1, -0.05) is 0 Å². The fourth-order valence-corrected chi connectivity index (χ4v) is 0.193. The van der Waals surface area contributed by atoms with E-state index in [1.807, 2.05) is 0 Å². The first-order valence-corrected chi connectivity index (χ1v) is 1.50. The first kappa shape index (κ1) is 3.20. The van der Waals surface area contributed by atoms with Crippen molar-refractivity contribution in [2.45, 2.75) is 0 Å². The van der Waals surface area contributed by atoms with Gasteiger partial charge in [0.05, 0.1) is 0 Å². The molecule has 5 heteroatoms. The fourth-order valence-electron chi connectivity index (χ4n) is 0.193. The van der Waals surface area contributed by atoms with Gasteiger partial charge in [0.25, 0.3) is 0 Å². The zero-order valence-corrected chi connectivity index (χ0v) is 3.30. The molecule has 0 aliphatic rings. The van der Waals surface area contributed by atoms with Crippen molar-refractivity contribution >= 4 is 0 Å². The zero-order valence-electron chi connectivity index (χ0n) is 3.30. The maximum absolute atomic E-state index is 4.46. The molecule has 6 heavy (non-hydrogen) atoms. The summed E-state index contributed by atoms with van der Waals surface area (Å²) in [5.74, 6) is 0. The molecule has 1 aromatic rings. The smallest absolute Gasteiger partial charge is 0.0119 e. The summed E-state index contributed by atoms with van der Waals surface area (Å²) in [5, 5.41) is 8.02. The van der Waals surface area contributed by atoms with Crippen LogP contribution in [0.5, 0.6) is 0 Å². The summed E-state index contributed by atoms with van der Waals surface area (Å²) in [4.78, 5) is 1.33. The van der Waals surface area contributed by atoms with E-state index in [4.69, 9.17) is 0 Å². The monoisotopic (exact) mass is 89.0 g/mol. The molecule has 0 aliphatic heterocycles. The van der Waals surface area contributed by atoms with Crippen LogP contribution < -0.4 is 5.21 Å². The molecule has 36 valence electrons. The second-order valence-corrected chi connectivity index (χ2v) is 0.892. The lowest BCUT2D eigenvalue weighted by Gasteiger charge is -1.86. The minimum absolute atomic E-state index is 1.33. The normalized spacial score (nSPS) is 8.83. The molecule has 2 N–H and O–H groups in total. The quantitative estimate of drug-likeness (QED) is 0.444. The van der Waals surface area contributed by atoms with Crippen molar-refractivity contribution in [1.29, 1.82) is 0 Å². The summed E-state index contributed by atoms with van der Waals surface area (Å²) in [5.41, 5.74) is 0. The topological polar surface area (TPSA) is 63.8 Å². The first-order valence-electron chi connectivity index (χ1n) is 1.50. The molecule has 0 spiro atoms. The van der Waals surface area contributed by atoms with Crippen molar-refractivity contribution in [2.24, 2.45) is 7.05 Å². The van der Waals surface area contributed by atoms with Crippen molar-refractivity contribution in [3.63, 3.8) is 0 Å². The predicted octanol–water partition coefficient (Wildman–Crippen LogP) is -0.644. The van der Waals surface area contributed by atoms with Gasteiger partial charge in [0.1, 0.15) is 0 Å². The van der Waals surface area contributed by atoms with E-state index in [1.165, 1.54) is 4.85 Å². The van der Waals surface area contributed by atoms with Crippen LogP contribution in [0.15, 0.2) is 4.63 Å². The Bertz CT molecular complexity index is 111. The van der Waals surface area contributed by atoms with Crippen LogP contribution in [0.1, 0.15) is 0 Å². The SMILES string of the molecule is Cn1[nH][n-][nH]o1. The molecule has 0 atom stereocenters. The Morgan fingerprint density at radius 3 is 2.83 bits per heavy atom. The molecule has 0 amide bonds. The Hall–Kier alpha value is -1.00. The van der Waals surface area contributed by atoms with Crippen LogP contribution in [0.2, 0.25) is 0 Å². The van der Waals surface area contributed by atoms with Crippen LogP contribution in [0, 0.1) is 0 Å². The van der Waals surface area contributed by atoms with Gasteiger partial charge in [0.2, 0.25) is 0 Å². The lowest BCUT2D eigenvalue weighted by atomic mass is 11.5. The highest BCUT2D eigenvalue weighted by molar-refractivity contribution is 3.88. The standard InChI is InChI=1S/CH5N4O/c1-5-3-2-4-6-5/h3-4H,1H3/q-1. The van der Waals surface area contributed by atoms with Crippen molar-refractivity contribution in [1.82, 2.24) is 20.6 Å². The molecule has 0 fully saturated rings. The molecule has 0 aliphatic carbocycles. The molecule has 0 aromatic carbocycles. The Morgan fingerprint density at radius 2 is 2.67 bits per heavy atom. The molecular formula is CH5N4O-. The van der Waals surface area contributed by atoms with E-state index < -0.39 is 0 Å². The van der Waals surface area contributed by atoms with E-state index in [2.05, 4.69) is 20.3 Å². The third kappa shape index (κ3) is 0.333. The molecule has 1 aromatic heterocycles. The van der Waals surface area contributed by atoms with E-state index in [0.717, 1.165) is 0 Å². The van der Waals surface area contributed by atoms with Gasteiger partial charge in [0.15, 0.2) is 0 Å². The molecule has 0 unspecified atom stereocenters. The Kier molecular flexibility index (Phi) is 0.533. The number of hydrogen-bond acceptors (Lipinski definition) is 1. The summed E-state index contributed by atoms with van der Waals surface area (Å²) in [6.45, 7) is 0. The average molecular weight is 89.1 g/mol. The first-order chi connectivity index (χ1) is 2.89. The number of nitrogens with zero attached hydrogens (tertiary/aromatic N) is 2. The van der Waals surface area contributed by atoms with Crippen molar-refractivity contribution in [3.05, 3.63) is 0 Å². The third-order valence-corrected chi connectivity index (χ3v) is 0.414. The molecule has 1 heterocycles. The van der Waals surface area contributed by atoms with Gasteiger partial charge in [-0.3, -0.25) is 10.1 Å². The van der Waals surface area contributed by atoms with Gasteiger partial charge in [-0.05, 0) is 7.05 Å². The number of rotatable bonds is 0. The number of nitrogens with one attached hydrogen (secondary N) is 2. The van der Waals surface area contributed by atoms with E-state index in [-0.39, 0.29) is 0 Å². The highest BCUT2D eigenvalue weighted by Gasteiger charge is 1.53. The largest absolute Gasteiger partial charge is 0.364 e. The van der Waals surface area contributed by atoms with Crippen LogP contribution in [-0.2, 0) is 7.05 Å². The Balaban J connectivity index is 3.05. The molecule has 0 saturated heterocycles. The van der Waals surface area contributed by atoms with Gasteiger partial charge < -0.3 is 9.84 Å². The number of H-pyrrole nitrogens is 2. The van der Waals surface area contributed by atoms with Gasteiger partial charge in [0, 0.05) is 0 Å².